The Morgan fingerprint density at radius 2 is 1.71 bits per heavy atom. The summed E-state index contributed by atoms with van der Waals surface area (Å²) in [5.41, 5.74) is 0.855. The molecule has 1 aliphatic heterocycles. The van der Waals surface area contributed by atoms with Crippen LogP contribution in [0, 0.1) is 5.82 Å². The summed E-state index contributed by atoms with van der Waals surface area (Å²) in [5.74, 6) is -1.58. The first-order valence-electron chi connectivity index (χ1n) is 9.41. The monoisotopic (exact) mass is 482 g/mol. The third-order valence-electron chi connectivity index (χ3n) is 4.73. The van der Waals surface area contributed by atoms with Gasteiger partial charge in [0.15, 0.2) is 0 Å². The summed E-state index contributed by atoms with van der Waals surface area (Å²) >= 11 is 3.16. The van der Waals surface area contributed by atoms with Gasteiger partial charge in [-0.1, -0.05) is 15.9 Å². The molecule has 3 amide bonds. The van der Waals surface area contributed by atoms with Crippen LogP contribution in [0.1, 0.15) is 38.0 Å². The van der Waals surface area contributed by atoms with E-state index in [2.05, 4.69) is 21.2 Å². The average molecular weight is 483 g/mol. The molecule has 0 saturated carbocycles. The van der Waals surface area contributed by atoms with Gasteiger partial charge in [0.25, 0.3) is 17.7 Å². The van der Waals surface area contributed by atoms with Gasteiger partial charge in [-0.3, -0.25) is 14.4 Å². The summed E-state index contributed by atoms with van der Waals surface area (Å²) < 4.78 is 19.9. The molecule has 0 atom stereocenters. The van der Waals surface area contributed by atoms with E-state index in [9.17, 15) is 18.8 Å². The normalized spacial score (nSPS) is 12.7. The molecule has 0 radical (unpaired) electrons. The number of carbonyl (C=O) groups is 3. The van der Waals surface area contributed by atoms with Gasteiger partial charge in [0.05, 0.1) is 29.1 Å². The molecule has 0 aromatic heterocycles. The second-order valence-electron chi connectivity index (χ2n) is 6.71. The van der Waals surface area contributed by atoms with Crippen molar-refractivity contribution in [1.29, 1.82) is 0 Å². The molecule has 0 bridgehead atoms. The van der Waals surface area contributed by atoms with E-state index in [4.69, 9.17) is 4.74 Å². The summed E-state index contributed by atoms with van der Waals surface area (Å²) in [6.45, 7) is 2.36. The number of imide groups is 1. The molecule has 0 unspecified atom stereocenters. The number of nitrogens with one attached hydrogen (secondary N) is 1. The zero-order valence-electron chi connectivity index (χ0n) is 16.3. The molecule has 0 fully saturated rings. The van der Waals surface area contributed by atoms with Gasteiger partial charge in [0.1, 0.15) is 11.6 Å². The van der Waals surface area contributed by atoms with Crippen LogP contribution in [0.15, 0.2) is 65.1 Å². The first kappa shape index (κ1) is 20.7. The fraction of sp³-hybridized carbons (Fsp3) is 0.0870. The highest BCUT2D eigenvalue weighted by Crippen LogP contribution is 2.30. The van der Waals surface area contributed by atoms with E-state index >= 15 is 0 Å². The minimum Gasteiger partial charge on any atom is -0.494 e. The number of hydrogen-bond acceptors (Lipinski definition) is 4. The van der Waals surface area contributed by atoms with Crippen molar-refractivity contribution in [3.8, 4) is 5.75 Å². The van der Waals surface area contributed by atoms with Crippen LogP contribution in [0.3, 0.4) is 0 Å². The summed E-state index contributed by atoms with van der Waals surface area (Å²) in [6, 6.07) is 15.0. The lowest BCUT2D eigenvalue weighted by Gasteiger charge is -2.14. The second kappa shape index (κ2) is 8.31. The van der Waals surface area contributed by atoms with Gasteiger partial charge in [0, 0.05) is 10.0 Å². The minimum absolute atomic E-state index is 0.00659. The first-order chi connectivity index (χ1) is 14.9. The molecule has 1 N–H and O–H groups in total. The zero-order chi connectivity index (χ0) is 22.1. The van der Waals surface area contributed by atoms with E-state index < -0.39 is 23.5 Å². The quantitative estimate of drug-likeness (QED) is 0.516. The Morgan fingerprint density at radius 3 is 2.39 bits per heavy atom. The molecule has 1 aliphatic rings. The number of rotatable bonds is 5. The first-order valence-corrected chi connectivity index (χ1v) is 10.2. The molecular formula is C23H16BrFN2O4. The van der Waals surface area contributed by atoms with Crippen LogP contribution in [0.25, 0.3) is 0 Å². The summed E-state index contributed by atoms with van der Waals surface area (Å²) in [4.78, 5) is 39.3. The van der Waals surface area contributed by atoms with Crippen molar-refractivity contribution in [3.05, 3.63) is 87.6 Å². The van der Waals surface area contributed by atoms with Crippen LogP contribution in [-0.4, -0.2) is 24.3 Å². The average Bonchev–Trinajstić information content (AvgIpc) is 3.01. The van der Waals surface area contributed by atoms with Crippen LogP contribution in [0.5, 0.6) is 5.75 Å². The van der Waals surface area contributed by atoms with E-state index in [0.29, 0.717) is 22.5 Å². The van der Waals surface area contributed by atoms with Crippen molar-refractivity contribution in [2.75, 3.05) is 16.8 Å². The van der Waals surface area contributed by atoms with E-state index in [1.54, 1.807) is 30.3 Å². The molecule has 156 valence electrons. The van der Waals surface area contributed by atoms with Gasteiger partial charge < -0.3 is 10.1 Å². The van der Waals surface area contributed by atoms with Gasteiger partial charge in [0.2, 0.25) is 0 Å². The molecule has 4 rings (SSSR count). The number of ether oxygens (including phenoxy) is 1. The molecular weight excluding hydrogens is 467 g/mol. The third kappa shape index (κ3) is 3.94. The topological polar surface area (TPSA) is 75.7 Å². The van der Waals surface area contributed by atoms with Crippen LogP contribution in [0.2, 0.25) is 0 Å². The number of fused-ring (bicyclic) bond motifs is 1. The highest BCUT2D eigenvalue weighted by Gasteiger charge is 2.37. The van der Waals surface area contributed by atoms with Gasteiger partial charge in [-0.2, -0.15) is 0 Å². The predicted molar refractivity (Wildman–Crippen MR) is 117 cm³/mol. The molecule has 3 aromatic carbocycles. The summed E-state index contributed by atoms with van der Waals surface area (Å²) in [6.07, 6.45) is 0. The smallest absolute Gasteiger partial charge is 0.266 e. The van der Waals surface area contributed by atoms with Crippen molar-refractivity contribution >= 4 is 45.0 Å². The van der Waals surface area contributed by atoms with Gasteiger partial charge in [-0.05, 0) is 67.6 Å². The van der Waals surface area contributed by atoms with Crippen molar-refractivity contribution < 1.29 is 23.5 Å². The Balaban J connectivity index is 1.59. The second-order valence-corrected chi connectivity index (χ2v) is 7.63. The molecule has 3 aromatic rings. The van der Waals surface area contributed by atoms with Gasteiger partial charge in [-0.25, -0.2) is 9.29 Å². The SMILES string of the molecule is CCOc1ccc(N2C(=O)c3ccc(C(=O)Nc4ccc(Br)cc4F)cc3C2=O)cc1. The molecule has 0 aliphatic carbocycles. The lowest BCUT2D eigenvalue weighted by Crippen LogP contribution is -2.29. The maximum absolute atomic E-state index is 14.0. The van der Waals surface area contributed by atoms with E-state index in [-0.39, 0.29) is 22.4 Å². The highest BCUT2D eigenvalue weighted by atomic mass is 79.9. The molecule has 8 heteroatoms. The van der Waals surface area contributed by atoms with Crippen molar-refractivity contribution in [1.82, 2.24) is 0 Å². The Bertz CT molecular complexity index is 1210. The standard InChI is InChI=1S/C23H16BrFN2O4/c1-2-31-16-7-5-15(6-8-16)27-22(29)17-9-3-13(11-18(17)23(27)30)21(28)26-20-10-4-14(24)12-19(20)25/h3-12H,2H2,1H3,(H,26,28). The number of halogens is 2. The zero-order valence-corrected chi connectivity index (χ0v) is 17.9. The summed E-state index contributed by atoms with van der Waals surface area (Å²) in [5, 5.41) is 2.47. The Labute approximate surface area is 185 Å². The van der Waals surface area contributed by atoms with Crippen molar-refractivity contribution in [2.24, 2.45) is 0 Å². The van der Waals surface area contributed by atoms with Crippen LogP contribution >= 0.6 is 15.9 Å². The maximum atomic E-state index is 14.0. The predicted octanol–water partition coefficient (Wildman–Crippen LogP) is 5.04. The number of nitrogens with zero attached hydrogens (tertiary/aromatic N) is 1. The fourth-order valence-corrected chi connectivity index (χ4v) is 3.59. The van der Waals surface area contributed by atoms with E-state index in [0.717, 1.165) is 4.90 Å². The van der Waals surface area contributed by atoms with Crippen molar-refractivity contribution in [2.45, 2.75) is 6.92 Å². The fourth-order valence-electron chi connectivity index (χ4n) is 3.26. The molecule has 0 saturated heterocycles. The van der Waals surface area contributed by atoms with Gasteiger partial charge in [-0.15, -0.1) is 0 Å². The number of hydrogen-bond donors (Lipinski definition) is 1. The number of amides is 3. The Hall–Kier alpha value is -3.52. The highest BCUT2D eigenvalue weighted by molar-refractivity contribution is 9.10. The van der Waals surface area contributed by atoms with Crippen LogP contribution < -0.4 is 15.0 Å². The van der Waals surface area contributed by atoms with Crippen LogP contribution in [0.4, 0.5) is 15.8 Å². The lowest BCUT2D eigenvalue weighted by atomic mass is 10.1. The minimum atomic E-state index is -0.600. The van der Waals surface area contributed by atoms with Crippen molar-refractivity contribution in [3.63, 3.8) is 0 Å². The largest absolute Gasteiger partial charge is 0.494 e. The third-order valence-corrected chi connectivity index (χ3v) is 5.23. The summed E-state index contributed by atoms with van der Waals surface area (Å²) in [7, 11) is 0. The number of carbonyl (C=O) groups excluding carboxylic acids is 3. The molecule has 0 spiro atoms. The van der Waals surface area contributed by atoms with Crippen LogP contribution in [-0.2, 0) is 0 Å². The lowest BCUT2D eigenvalue weighted by molar-refractivity contribution is 0.0925. The molecule has 6 nitrogen and oxygen atoms in total. The van der Waals surface area contributed by atoms with E-state index in [1.165, 1.54) is 30.3 Å². The Morgan fingerprint density at radius 1 is 1.00 bits per heavy atom. The molecule has 31 heavy (non-hydrogen) atoms. The number of benzene rings is 3. The number of anilines is 2. The molecule has 1 heterocycles. The van der Waals surface area contributed by atoms with E-state index in [1.807, 2.05) is 6.92 Å². The van der Waals surface area contributed by atoms with Gasteiger partial charge >= 0.3 is 0 Å². The maximum Gasteiger partial charge on any atom is 0.266 e. The Kier molecular flexibility index (Phi) is 5.56.